The molecule has 0 bridgehead atoms. The van der Waals surface area contributed by atoms with Gasteiger partial charge in [-0.15, -0.1) is 0 Å². The molecule has 0 aliphatic carbocycles. The molecule has 2 atom stereocenters. The first-order chi connectivity index (χ1) is 13.6. The summed E-state index contributed by atoms with van der Waals surface area (Å²) in [6.45, 7) is 5.68. The molecule has 1 aliphatic rings. The zero-order valence-corrected chi connectivity index (χ0v) is 16.2. The van der Waals surface area contributed by atoms with Crippen LogP contribution >= 0.6 is 0 Å². The first kappa shape index (κ1) is 18.2. The van der Waals surface area contributed by atoms with Crippen LogP contribution in [0, 0.1) is 0 Å². The molecule has 146 valence electrons. The molecule has 28 heavy (non-hydrogen) atoms. The summed E-state index contributed by atoms with van der Waals surface area (Å²) >= 11 is 0. The van der Waals surface area contributed by atoms with Crippen molar-refractivity contribution in [3.05, 3.63) is 42.6 Å². The predicted octanol–water partition coefficient (Wildman–Crippen LogP) is 3.23. The molecule has 0 saturated carbocycles. The Balaban J connectivity index is 1.48. The van der Waals surface area contributed by atoms with Gasteiger partial charge in [0.2, 0.25) is 5.95 Å². The van der Waals surface area contributed by atoms with E-state index < -0.39 is 0 Å². The molecule has 0 spiro atoms. The molecule has 8 heteroatoms. The molecule has 1 saturated heterocycles. The van der Waals surface area contributed by atoms with Gasteiger partial charge in [-0.05, 0) is 49.7 Å². The summed E-state index contributed by atoms with van der Waals surface area (Å²) in [4.78, 5) is 11.2. The number of nitrogens with zero attached hydrogens (tertiary/aromatic N) is 4. The lowest BCUT2D eigenvalue weighted by Crippen LogP contribution is -2.46. The van der Waals surface area contributed by atoms with E-state index in [0.29, 0.717) is 17.6 Å². The summed E-state index contributed by atoms with van der Waals surface area (Å²) in [5, 5.41) is 10.6. The van der Waals surface area contributed by atoms with Crippen molar-refractivity contribution in [3.63, 3.8) is 0 Å². The minimum absolute atomic E-state index is 0.155. The van der Waals surface area contributed by atoms with Crippen LogP contribution in [0.15, 0.2) is 42.6 Å². The Morgan fingerprint density at radius 3 is 2.57 bits per heavy atom. The highest BCUT2D eigenvalue weighted by atomic mass is 16.5. The van der Waals surface area contributed by atoms with Crippen molar-refractivity contribution in [2.45, 2.75) is 26.1 Å². The molecule has 1 aliphatic heterocycles. The number of ether oxygens (including phenoxy) is 2. The van der Waals surface area contributed by atoms with Crippen LogP contribution in [0.2, 0.25) is 0 Å². The van der Waals surface area contributed by atoms with Gasteiger partial charge in [-0.2, -0.15) is 10.1 Å². The Kier molecular flexibility index (Phi) is 5.12. The van der Waals surface area contributed by atoms with E-state index >= 15 is 0 Å². The van der Waals surface area contributed by atoms with Gasteiger partial charge in [0.15, 0.2) is 5.82 Å². The highest BCUT2D eigenvalue weighted by Crippen LogP contribution is 2.24. The van der Waals surface area contributed by atoms with Gasteiger partial charge in [0.05, 0.1) is 25.0 Å². The number of H-pyrrole nitrogens is 1. The fraction of sp³-hybridized carbons (Fsp3) is 0.350. The summed E-state index contributed by atoms with van der Waals surface area (Å²) in [7, 11) is 1.65. The highest BCUT2D eigenvalue weighted by molar-refractivity contribution is 5.65. The predicted molar refractivity (Wildman–Crippen MR) is 108 cm³/mol. The van der Waals surface area contributed by atoms with Gasteiger partial charge in [0.25, 0.3) is 0 Å². The number of morpholine rings is 1. The van der Waals surface area contributed by atoms with Gasteiger partial charge in [-0.3, -0.25) is 5.10 Å². The molecule has 2 N–H and O–H groups in total. The SMILES string of the molecule is COc1ccc(-c2cc(Nc3ccnc(N4C[C@@H](C)O[C@@H](C)C4)n3)n[nH]2)cc1. The van der Waals surface area contributed by atoms with E-state index in [2.05, 4.69) is 44.2 Å². The van der Waals surface area contributed by atoms with Crippen molar-refractivity contribution < 1.29 is 9.47 Å². The van der Waals surface area contributed by atoms with Crippen molar-refractivity contribution in [2.24, 2.45) is 0 Å². The first-order valence-corrected chi connectivity index (χ1v) is 9.31. The Morgan fingerprint density at radius 2 is 1.86 bits per heavy atom. The number of hydrogen-bond donors (Lipinski definition) is 2. The third-order valence-corrected chi connectivity index (χ3v) is 4.58. The van der Waals surface area contributed by atoms with Gasteiger partial charge in [0, 0.05) is 25.4 Å². The normalized spacial score (nSPS) is 19.5. The fourth-order valence-electron chi connectivity index (χ4n) is 3.35. The maximum Gasteiger partial charge on any atom is 0.227 e. The van der Waals surface area contributed by atoms with Crippen molar-refractivity contribution in [3.8, 4) is 17.0 Å². The number of rotatable bonds is 5. The lowest BCUT2D eigenvalue weighted by molar-refractivity contribution is -0.00571. The van der Waals surface area contributed by atoms with Gasteiger partial charge in [-0.1, -0.05) is 0 Å². The lowest BCUT2D eigenvalue weighted by atomic mass is 10.1. The number of methoxy groups -OCH3 is 1. The number of hydrogen-bond acceptors (Lipinski definition) is 7. The van der Waals surface area contributed by atoms with Gasteiger partial charge >= 0.3 is 0 Å². The fourth-order valence-corrected chi connectivity index (χ4v) is 3.35. The molecule has 0 radical (unpaired) electrons. The molecule has 3 aromatic rings. The Labute approximate surface area is 163 Å². The molecule has 0 amide bonds. The van der Waals surface area contributed by atoms with Crippen LogP contribution in [0.25, 0.3) is 11.3 Å². The van der Waals surface area contributed by atoms with E-state index in [9.17, 15) is 0 Å². The third kappa shape index (κ3) is 4.07. The lowest BCUT2D eigenvalue weighted by Gasteiger charge is -2.35. The summed E-state index contributed by atoms with van der Waals surface area (Å²) in [6, 6.07) is 11.6. The van der Waals surface area contributed by atoms with Gasteiger partial charge in [-0.25, -0.2) is 4.98 Å². The summed E-state index contributed by atoms with van der Waals surface area (Å²) in [5.41, 5.74) is 1.94. The number of nitrogens with one attached hydrogen (secondary N) is 2. The molecule has 2 aromatic heterocycles. The number of aromatic amines is 1. The quantitative estimate of drug-likeness (QED) is 0.702. The Hall–Kier alpha value is -3.13. The van der Waals surface area contributed by atoms with Crippen LogP contribution in [-0.4, -0.2) is 52.6 Å². The molecule has 1 aromatic carbocycles. The van der Waals surface area contributed by atoms with E-state index in [1.54, 1.807) is 13.3 Å². The Morgan fingerprint density at radius 1 is 1.11 bits per heavy atom. The van der Waals surface area contributed by atoms with E-state index in [4.69, 9.17) is 9.47 Å². The van der Waals surface area contributed by atoms with Crippen molar-refractivity contribution in [1.29, 1.82) is 0 Å². The van der Waals surface area contributed by atoms with E-state index in [1.165, 1.54) is 0 Å². The minimum atomic E-state index is 0.155. The summed E-state index contributed by atoms with van der Waals surface area (Å²) < 4.78 is 11.0. The van der Waals surface area contributed by atoms with Crippen molar-refractivity contribution in [2.75, 3.05) is 30.4 Å². The maximum atomic E-state index is 5.79. The van der Waals surface area contributed by atoms with Crippen LogP contribution in [0.1, 0.15) is 13.8 Å². The monoisotopic (exact) mass is 380 g/mol. The van der Waals surface area contributed by atoms with Gasteiger partial charge in [0.1, 0.15) is 11.6 Å². The molecule has 0 unspecified atom stereocenters. The zero-order valence-electron chi connectivity index (χ0n) is 16.2. The van der Waals surface area contributed by atoms with Crippen LogP contribution in [0.5, 0.6) is 5.75 Å². The van der Waals surface area contributed by atoms with E-state index in [-0.39, 0.29) is 12.2 Å². The minimum Gasteiger partial charge on any atom is -0.497 e. The number of benzene rings is 1. The average molecular weight is 380 g/mol. The van der Waals surface area contributed by atoms with Crippen LogP contribution in [0.3, 0.4) is 0 Å². The first-order valence-electron chi connectivity index (χ1n) is 9.31. The molecule has 1 fully saturated rings. The van der Waals surface area contributed by atoms with E-state index in [0.717, 1.165) is 30.1 Å². The maximum absolute atomic E-state index is 5.79. The average Bonchev–Trinajstić information content (AvgIpc) is 3.16. The Bertz CT molecular complexity index is 916. The zero-order chi connectivity index (χ0) is 19.5. The second-order valence-electron chi connectivity index (χ2n) is 6.92. The van der Waals surface area contributed by atoms with Crippen LogP contribution < -0.4 is 15.0 Å². The van der Waals surface area contributed by atoms with Crippen LogP contribution in [0.4, 0.5) is 17.6 Å². The number of aromatic nitrogens is 4. The summed E-state index contributed by atoms with van der Waals surface area (Å²) in [6.07, 6.45) is 2.07. The third-order valence-electron chi connectivity index (χ3n) is 4.58. The smallest absolute Gasteiger partial charge is 0.227 e. The van der Waals surface area contributed by atoms with E-state index in [1.807, 2.05) is 36.4 Å². The molecular weight excluding hydrogens is 356 g/mol. The second-order valence-corrected chi connectivity index (χ2v) is 6.92. The largest absolute Gasteiger partial charge is 0.497 e. The molecular formula is C20H24N6O2. The topological polar surface area (TPSA) is 88.2 Å². The highest BCUT2D eigenvalue weighted by Gasteiger charge is 2.24. The summed E-state index contributed by atoms with van der Waals surface area (Å²) in [5.74, 6) is 2.91. The standard InChI is InChI=1S/C20H24N6O2/c1-13-11-26(12-14(2)28-13)20-21-9-8-18(23-20)22-19-10-17(24-25-19)15-4-6-16(27-3)7-5-15/h4-10,13-14H,11-12H2,1-3H3,(H2,21,22,23,24,25)/t13-,14+. The molecule has 3 heterocycles. The van der Waals surface area contributed by atoms with Gasteiger partial charge < -0.3 is 19.7 Å². The van der Waals surface area contributed by atoms with Crippen LogP contribution in [-0.2, 0) is 4.74 Å². The molecule has 8 nitrogen and oxygen atoms in total. The molecule has 4 rings (SSSR count). The number of anilines is 3. The second kappa shape index (κ2) is 7.85. The van der Waals surface area contributed by atoms with Crippen molar-refractivity contribution in [1.82, 2.24) is 20.2 Å². The van der Waals surface area contributed by atoms with Crippen molar-refractivity contribution >= 4 is 17.6 Å².